The van der Waals surface area contributed by atoms with E-state index in [0.717, 1.165) is 6.08 Å². The van der Waals surface area contributed by atoms with E-state index in [-0.39, 0.29) is 18.1 Å². The lowest BCUT2D eigenvalue weighted by Gasteiger charge is -2.06. The van der Waals surface area contributed by atoms with Crippen molar-refractivity contribution in [3.63, 3.8) is 0 Å². The summed E-state index contributed by atoms with van der Waals surface area (Å²) in [5, 5.41) is 0. The molecule has 7 heteroatoms. The van der Waals surface area contributed by atoms with E-state index in [1.807, 2.05) is 0 Å². The zero-order valence-electron chi connectivity index (χ0n) is 9.40. The average molecular weight is 272 g/mol. The first-order chi connectivity index (χ1) is 8.43. The van der Waals surface area contributed by atoms with Crippen LogP contribution < -0.4 is 4.74 Å². The third-order valence-electron chi connectivity index (χ3n) is 1.88. The van der Waals surface area contributed by atoms with Crippen molar-refractivity contribution in [3.8, 4) is 5.75 Å². The minimum Gasteiger partial charge on any atom is -0.490 e. The lowest BCUT2D eigenvalue weighted by atomic mass is 10.3. The van der Waals surface area contributed by atoms with Gasteiger partial charge in [0, 0.05) is 6.08 Å². The molecule has 0 fully saturated rings. The van der Waals surface area contributed by atoms with Crippen molar-refractivity contribution < 1.29 is 27.2 Å². The van der Waals surface area contributed by atoms with Gasteiger partial charge in [-0.15, -0.1) is 0 Å². The van der Waals surface area contributed by atoms with Gasteiger partial charge in [-0.3, -0.25) is 4.55 Å². The van der Waals surface area contributed by atoms with Crippen LogP contribution in [-0.2, 0) is 19.6 Å². The molecule has 98 valence electrons. The van der Waals surface area contributed by atoms with E-state index in [1.54, 1.807) is 0 Å². The van der Waals surface area contributed by atoms with Crippen molar-refractivity contribution in [3.05, 3.63) is 36.9 Å². The zero-order chi connectivity index (χ0) is 13.6. The molecule has 0 bridgehead atoms. The molecule has 1 N–H and O–H groups in total. The second-order valence-electron chi connectivity index (χ2n) is 3.17. The fourth-order valence-electron chi connectivity index (χ4n) is 1.07. The number of esters is 1. The van der Waals surface area contributed by atoms with Crippen molar-refractivity contribution >= 4 is 16.1 Å². The Morgan fingerprint density at radius 3 is 2.39 bits per heavy atom. The largest absolute Gasteiger partial charge is 0.490 e. The predicted octanol–water partition coefficient (Wildman–Crippen LogP) is 1.04. The fourth-order valence-corrected chi connectivity index (χ4v) is 1.55. The summed E-state index contributed by atoms with van der Waals surface area (Å²) in [6.07, 6.45) is 1.04. The number of carbonyl (C=O) groups is 1. The highest BCUT2D eigenvalue weighted by Crippen LogP contribution is 2.15. The molecule has 0 saturated carbocycles. The van der Waals surface area contributed by atoms with E-state index < -0.39 is 16.1 Å². The van der Waals surface area contributed by atoms with Crippen molar-refractivity contribution in [2.45, 2.75) is 4.90 Å². The lowest BCUT2D eigenvalue weighted by Crippen LogP contribution is -2.10. The van der Waals surface area contributed by atoms with Crippen molar-refractivity contribution in [2.24, 2.45) is 0 Å². The third kappa shape index (κ3) is 4.56. The molecule has 1 aromatic rings. The van der Waals surface area contributed by atoms with Gasteiger partial charge in [0.1, 0.15) is 19.0 Å². The Labute approximate surface area is 105 Å². The van der Waals surface area contributed by atoms with Crippen LogP contribution in [-0.4, -0.2) is 32.2 Å². The van der Waals surface area contributed by atoms with Crippen molar-refractivity contribution in [1.82, 2.24) is 0 Å². The summed E-state index contributed by atoms with van der Waals surface area (Å²) in [4.78, 5) is 10.5. The van der Waals surface area contributed by atoms with Gasteiger partial charge in [-0.25, -0.2) is 4.79 Å². The molecule has 6 nitrogen and oxygen atoms in total. The molecule has 18 heavy (non-hydrogen) atoms. The number of rotatable bonds is 6. The maximum Gasteiger partial charge on any atom is 0.330 e. The highest BCUT2D eigenvalue weighted by molar-refractivity contribution is 7.85. The zero-order valence-corrected chi connectivity index (χ0v) is 10.2. The van der Waals surface area contributed by atoms with Crippen LogP contribution in [0.3, 0.4) is 0 Å². The van der Waals surface area contributed by atoms with Gasteiger partial charge in [0.25, 0.3) is 10.1 Å². The number of hydrogen-bond donors (Lipinski definition) is 1. The molecule has 0 heterocycles. The number of hydrogen-bond acceptors (Lipinski definition) is 5. The number of carbonyl (C=O) groups excluding carboxylic acids is 1. The van der Waals surface area contributed by atoms with Crippen LogP contribution >= 0.6 is 0 Å². The lowest BCUT2D eigenvalue weighted by molar-refractivity contribution is -0.138. The average Bonchev–Trinajstić information content (AvgIpc) is 2.33. The van der Waals surface area contributed by atoms with Gasteiger partial charge in [-0.2, -0.15) is 8.42 Å². The molecule has 0 unspecified atom stereocenters. The summed E-state index contributed by atoms with van der Waals surface area (Å²) in [5.41, 5.74) is 0. The topological polar surface area (TPSA) is 89.9 Å². The molecule has 0 aliphatic carbocycles. The Hall–Kier alpha value is -1.86. The van der Waals surface area contributed by atoms with E-state index in [9.17, 15) is 13.2 Å². The summed E-state index contributed by atoms with van der Waals surface area (Å²) in [5.74, 6) is -0.141. The van der Waals surface area contributed by atoms with Crippen molar-refractivity contribution in [2.75, 3.05) is 13.2 Å². The summed E-state index contributed by atoms with van der Waals surface area (Å²) in [6.45, 7) is 3.42. The Kier molecular flexibility index (Phi) is 4.87. The minimum atomic E-state index is -4.20. The Bertz CT molecular complexity index is 517. The highest BCUT2D eigenvalue weighted by Gasteiger charge is 2.08. The van der Waals surface area contributed by atoms with E-state index in [1.165, 1.54) is 24.3 Å². The summed E-state index contributed by atoms with van der Waals surface area (Å²) in [6, 6.07) is 5.19. The molecule has 0 saturated heterocycles. The van der Waals surface area contributed by atoms with Crippen LogP contribution in [0, 0.1) is 0 Å². The first kappa shape index (κ1) is 14.2. The van der Waals surface area contributed by atoms with Gasteiger partial charge < -0.3 is 9.47 Å². The number of benzene rings is 1. The fraction of sp³-hybridized carbons (Fsp3) is 0.182. The molecular formula is C11H12O6S. The van der Waals surface area contributed by atoms with Crippen LogP contribution in [0.1, 0.15) is 0 Å². The molecule has 0 aliphatic heterocycles. The molecule has 0 amide bonds. The summed E-state index contributed by atoms with van der Waals surface area (Å²) >= 11 is 0. The molecule has 0 spiro atoms. The molecule has 0 radical (unpaired) electrons. The minimum absolute atomic E-state index is 0.0604. The summed E-state index contributed by atoms with van der Waals surface area (Å²) in [7, 11) is -4.20. The predicted molar refractivity (Wildman–Crippen MR) is 62.9 cm³/mol. The van der Waals surface area contributed by atoms with Gasteiger partial charge in [0.2, 0.25) is 0 Å². The van der Waals surface area contributed by atoms with Gasteiger partial charge in [-0.05, 0) is 24.3 Å². The third-order valence-corrected chi connectivity index (χ3v) is 2.75. The smallest absolute Gasteiger partial charge is 0.330 e. The van der Waals surface area contributed by atoms with Gasteiger partial charge in [0.15, 0.2) is 0 Å². The monoisotopic (exact) mass is 272 g/mol. The molecule has 0 atom stereocenters. The maximum absolute atomic E-state index is 10.8. The Morgan fingerprint density at radius 2 is 1.89 bits per heavy atom. The van der Waals surface area contributed by atoms with Crippen molar-refractivity contribution in [1.29, 1.82) is 0 Å². The first-order valence-electron chi connectivity index (χ1n) is 4.93. The van der Waals surface area contributed by atoms with Gasteiger partial charge in [-0.1, -0.05) is 6.58 Å². The molecular weight excluding hydrogens is 260 g/mol. The molecule has 1 aromatic carbocycles. The second-order valence-corrected chi connectivity index (χ2v) is 4.59. The normalized spacial score (nSPS) is 10.7. The second kappa shape index (κ2) is 6.18. The van der Waals surface area contributed by atoms with Crippen LogP contribution in [0.2, 0.25) is 0 Å². The Balaban J connectivity index is 2.45. The maximum atomic E-state index is 10.8. The standard InChI is InChI=1S/C11H12O6S/c1-2-11(12)17-8-7-16-9-3-5-10(6-4-9)18(13,14)15/h2-6H,1,7-8H2,(H,13,14,15). The van der Waals surface area contributed by atoms with E-state index >= 15 is 0 Å². The molecule has 0 aromatic heterocycles. The Morgan fingerprint density at radius 1 is 1.28 bits per heavy atom. The van der Waals surface area contributed by atoms with E-state index in [4.69, 9.17) is 9.29 Å². The molecule has 0 aliphatic rings. The molecule has 1 rings (SSSR count). The van der Waals surface area contributed by atoms with Crippen LogP contribution in [0.25, 0.3) is 0 Å². The van der Waals surface area contributed by atoms with Crippen LogP contribution in [0.15, 0.2) is 41.8 Å². The van der Waals surface area contributed by atoms with Crippen LogP contribution in [0.5, 0.6) is 5.75 Å². The SMILES string of the molecule is C=CC(=O)OCCOc1ccc(S(=O)(=O)O)cc1. The summed E-state index contributed by atoms with van der Waals surface area (Å²) < 4.78 is 40.1. The van der Waals surface area contributed by atoms with Crippen LogP contribution in [0.4, 0.5) is 0 Å². The van der Waals surface area contributed by atoms with E-state index in [2.05, 4.69) is 11.3 Å². The first-order valence-corrected chi connectivity index (χ1v) is 6.37. The van der Waals surface area contributed by atoms with Gasteiger partial charge >= 0.3 is 5.97 Å². The highest BCUT2D eigenvalue weighted by atomic mass is 32.2. The van der Waals surface area contributed by atoms with E-state index in [0.29, 0.717) is 5.75 Å². The number of ether oxygens (including phenoxy) is 2. The van der Waals surface area contributed by atoms with Gasteiger partial charge in [0.05, 0.1) is 4.90 Å². The quantitative estimate of drug-likeness (QED) is 0.360.